The van der Waals surface area contributed by atoms with Gasteiger partial charge in [0.15, 0.2) is 0 Å². The topological polar surface area (TPSA) is 79.5 Å². The molecule has 2 aromatic rings. The maximum Gasteiger partial charge on any atom is 0.319 e. The van der Waals surface area contributed by atoms with Crippen LogP contribution in [0.15, 0.2) is 64.3 Å². The Morgan fingerprint density at radius 1 is 1.15 bits per heavy atom. The molecule has 7 heteroatoms. The Hall–Kier alpha value is -2.80. The van der Waals surface area contributed by atoms with Crippen molar-refractivity contribution in [1.82, 2.24) is 10.6 Å². The van der Waals surface area contributed by atoms with Crippen molar-refractivity contribution in [3.8, 4) is 5.75 Å². The molecule has 0 bridgehead atoms. The Balaban J connectivity index is 1.93. The lowest BCUT2D eigenvalue weighted by molar-refractivity contribution is -0.113. The molecule has 1 heterocycles. The number of benzene rings is 2. The van der Waals surface area contributed by atoms with Gasteiger partial charge < -0.3 is 20.7 Å². The molecule has 0 fully saturated rings. The number of nitrogens with one attached hydrogen (secondary N) is 3. The number of hydrogen-bond donors (Lipinski definition) is 3. The fourth-order valence-corrected chi connectivity index (χ4v) is 3.32. The van der Waals surface area contributed by atoms with E-state index < -0.39 is 6.04 Å². The zero-order valence-electron chi connectivity index (χ0n) is 14.3. The minimum absolute atomic E-state index is 0.291. The number of hydrogen-bond acceptors (Lipinski definition) is 3. The average Bonchev–Trinajstić information content (AvgIpc) is 2.62. The number of amides is 3. The van der Waals surface area contributed by atoms with Gasteiger partial charge in [0.1, 0.15) is 5.75 Å². The summed E-state index contributed by atoms with van der Waals surface area (Å²) < 4.78 is 5.94. The Morgan fingerprint density at radius 3 is 2.50 bits per heavy atom. The van der Waals surface area contributed by atoms with E-state index >= 15 is 0 Å². The highest BCUT2D eigenvalue weighted by Crippen LogP contribution is 2.32. The van der Waals surface area contributed by atoms with E-state index in [1.54, 1.807) is 38.3 Å². The summed E-state index contributed by atoms with van der Waals surface area (Å²) in [6.07, 6.45) is 0. The largest absolute Gasteiger partial charge is 0.497 e. The van der Waals surface area contributed by atoms with E-state index in [0.717, 1.165) is 10.0 Å². The van der Waals surface area contributed by atoms with Crippen molar-refractivity contribution in [1.29, 1.82) is 0 Å². The summed E-state index contributed by atoms with van der Waals surface area (Å²) >= 11 is 3.49. The Labute approximate surface area is 159 Å². The summed E-state index contributed by atoms with van der Waals surface area (Å²) in [5.41, 5.74) is 2.41. The van der Waals surface area contributed by atoms with Gasteiger partial charge in [-0.1, -0.05) is 34.1 Å². The van der Waals surface area contributed by atoms with Gasteiger partial charge in [-0.05, 0) is 42.8 Å². The monoisotopic (exact) mass is 415 g/mol. The number of rotatable bonds is 4. The normalized spacial score (nSPS) is 16.6. The third-order valence-corrected chi connectivity index (χ3v) is 4.80. The van der Waals surface area contributed by atoms with Crippen LogP contribution >= 0.6 is 15.9 Å². The van der Waals surface area contributed by atoms with E-state index in [1.165, 1.54) is 0 Å². The lowest BCUT2D eigenvalue weighted by Crippen LogP contribution is -2.46. The Morgan fingerprint density at radius 2 is 1.85 bits per heavy atom. The fourth-order valence-electron chi connectivity index (χ4n) is 2.81. The highest BCUT2D eigenvalue weighted by molar-refractivity contribution is 9.10. The lowest BCUT2D eigenvalue weighted by Gasteiger charge is -2.29. The SMILES string of the molecule is COc1ccc(NC(=O)C2=C(C)NC(=O)NC2c2ccccc2Br)cc1. The van der Waals surface area contributed by atoms with Gasteiger partial charge >= 0.3 is 6.03 Å². The molecule has 2 aromatic carbocycles. The van der Waals surface area contributed by atoms with Crippen molar-refractivity contribution < 1.29 is 14.3 Å². The van der Waals surface area contributed by atoms with Crippen LogP contribution in [0.1, 0.15) is 18.5 Å². The number of halogens is 1. The first kappa shape index (κ1) is 18.0. The van der Waals surface area contributed by atoms with Gasteiger partial charge in [-0.25, -0.2) is 4.79 Å². The quantitative estimate of drug-likeness (QED) is 0.711. The zero-order valence-corrected chi connectivity index (χ0v) is 15.9. The Bertz CT molecular complexity index is 878. The van der Waals surface area contributed by atoms with Crippen molar-refractivity contribution in [3.05, 3.63) is 69.8 Å². The number of carbonyl (C=O) groups is 2. The molecular weight excluding hydrogens is 398 g/mol. The summed E-state index contributed by atoms with van der Waals surface area (Å²) in [5.74, 6) is 0.414. The summed E-state index contributed by atoms with van der Waals surface area (Å²) in [4.78, 5) is 24.9. The first-order valence-corrected chi connectivity index (χ1v) is 8.77. The van der Waals surface area contributed by atoms with Gasteiger partial charge in [0.2, 0.25) is 0 Å². The maximum absolute atomic E-state index is 12.9. The van der Waals surface area contributed by atoms with E-state index in [1.807, 2.05) is 24.3 Å². The molecule has 3 N–H and O–H groups in total. The summed E-state index contributed by atoms with van der Waals surface area (Å²) in [7, 11) is 1.58. The molecule has 1 aliphatic rings. The molecule has 0 saturated heterocycles. The number of carbonyl (C=O) groups excluding carboxylic acids is 2. The van der Waals surface area contributed by atoms with Crippen LogP contribution in [0.2, 0.25) is 0 Å². The standard InChI is InChI=1S/C19H18BrN3O3/c1-11-16(18(24)22-12-7-9-13(26-2)10-8-12)17(23-19(25)21-11)14-5-3-4-6-15(14)20/h3-10,17H,1-2H3,(H,22,24)(H2,21,23,25). The van der Waals surface area contributed by atoms with Gasteiger partial charge in [0, 0.05) is 15.9 Å². The van der Waals surface area contributed by atoms with Crippen LogP contribution in [0.5, 0.6) is 5.75 Å². The minimum Gasteiger partial charge on any atom is -0.497 e. The second-order valence-electron chi connectivity index (χ2n) is 5.77. The van der Waals surface area contributed by atoms with Gasteiger partial charge in [-0.15, -0.1) is 0 Å². The van der Waals surface area contributed by atoms with Crippen molar-refractivity contribution in [2.45, 2.75) is 13.0 Å². The Kier molecular flexibility index (Phi) is 5.27. The van der Waals surface area contributed by atoms with Gasteiger partial charge in [0.05, 0.1) is 18.7 Å². The van der Waals surface area contributed by atoms with Crippen molar-refractivity contribution in [2.75, 3.05) is 12.4 Å². The minimum atomic E-state index is -0.558. The predicted octanol–water partition coefficient (Wildman–Crippen LogP) is 3.72. The molecule has 1 unspecified atom stereocenters. The summed E-state index contributed by atoms with van der Waals surface area (Å²) in [6, 6.07) is 13.6. The maximum atomic E-state index is 12.9. The van der Waals surface area contributed by atoms with Crippen LogP contribution in [-0.2, 0) is 4.79 Å². The number of anilines is 1. The number of methoxy groups -OCH3 is 1. The number of ether oxygens (including phenoxy) is 1. The average molecular weight is 416 g/mol. The third kappa shape index (κ3) is 3.72. The first-order valence-electron chi connectivity index (χ1n) is 7.97. The molecule has 1 atom stereocenters. The molecule has 6 nitrogen and oxygen atoms in total. The van der Waals surface area contributed by atoms with E-state index in [9.17, 15) is 9.59 Å². The molecule has 0 saturated carbocycles. The predicted molar refractivity (Wildman–Crippen MR) is 103 cm³/mol. The molecule has 1 aliphatic heterocycles. The number of allylic oxidation sites excluding steroid dienone is 1. The zero-order chi connectivity index (χ0) is 18.7. The van der Waals surface area contributed by atoms with Gasteiger partial charge in [-0.2, -0.15) is 0 Å². The summed E-state index contributed by atoms with van der Waals surface area (Å²) in [6.45, 7) is 1.71. The molecule has 0 aliphatic carbocycles. The molecule has 0 aromatic heterocycles. The van der Waals surface area contributed by atoms with Crippen molar-refractivity contribution in [3.63, 3.8) is 0 Å². The highest BCUT2D eigenvalue weighted by Gasteiger charge is 2.32. The lowest BCUT2D eigenvalue weighted by atomic mass is 9.95. The number of urea groups is 1. The van der Waals surface area contributed by atoms with Crippen LogP contribution < -0.4 is 20.7 Å². The van der Waals surface area contributed by atoms with E-state index in [0.29, 0.717) is 22.7 Å². The van der Waals surface area contributed by atoms with Gasteiger partial charge in [0.25, 0.3) is 5.91 Å². The molecule has 0 radical (unpaired) electrons. The van der Waals surface area contributed by atoms with E-state index in [2.05, 4.69) is 31.9 Å². The second-order valence-corrected chi connectivity index (χ2v) is 6.63. The van der Waals surface area contributed by atoms with Crippen LogP contribution in [0.3, 0.4) is 0 Å². The van der Waals surface area contributed by atoms with Crippen molar-refractivity contribution in [2.24, 2.45) is 0 Å². The van der Waals surface area contributed by atoms with Gasteiger partial charge in [-0.3, -0.25) is 4.79 Å². The first-order chi connectivity index (χ1) is 12.5. The fraction of sp³-hybridized carbons (Fsp3) is 0.158. The van der Waals surface area contributed by atoms with Crippen LogP contribution in [-0.4, -0.2) is 19.0 Å². The van der Waals surface area contributed by atoms with E-state index in [4.69, 9.17) is 4.74 Å². The molecule has 3 amide bonds. The van der Waals surface area contributed by atoms with E-state index in [-0.39, 0.29) is 11.9 Å². The molecule has 134 valence electrons. The molecular formula is C19H18BrN3O3. The highest BCUT2D eigenvalue weighted by atomic mass is 79.9. The molecule has 3 rings (SSSR count). The smallest absolute Gasteiger partial charge is 0.319 e. The molecule has 0 spiro atoms. The van der Waals surface area contributed by atoms with Crippen molar-refractivity contribution >= 4 is 33.6 Å². The third-order valence-electron chi connectivity index (χ3n) is 4.08. The molecule has 26 heavy (non-hydrogen) atoms. The second kappa shape index (κ2) is 7.61. The van der Waals surface area contributed by atoms with Crippen LogP contribution in [0.4, 0.5) is 10.5 Å². The van der Waals surface area contributed by atoms with Crippen LogP contribution in [0, 0.1) is 0 Å². The summed E-state index contributed by atoms with van der Waals surface area (Å²) in [5, 5.41) is 8.36. The van der Waals surface area contributed by atoms with Crippen LogP contribution in [0.25, 0.3) is 0 Å².